The number of rotatable bonds is 5. The van der Waals surface area contributed by atoms with E-state index in [4.69, 9.17) is 9.47 Å². The van der Waals surface area contributed by atoms with Gasteiger partial charge in [0.25, 0.3) is 0 Å². The highest BCUT2D eigenvalue weighted by molar-refractivity contribution is 5.92. The molecule has 3 atom stereocenters. The Kier molecular flexibility index (Phi) is 5.44. The number of carboxylic acids is 1. The van der Waals surface area contributed by atoms with E-state index in [1.807, 2.05) is 18.2 Å². The zero-order chi connectivity index (χ0) is 19.6. The fourth-order valence-electron chi connectivity index (χ4n) is 4.81. The van der Waals surface area contributed by atoms with Gasteiger partial charge in [-0.3, -0.25) is 4.79 Å². The maximum absolute atomic E-state index is 12.8. The second-order valence-corrected chi connectivity index (χ2v) is 8.16. The topological polar surface area (TPSA) is 88.1 Å². The molecule has 1 aromatic rings. The number of hydrogen-bond donors (Lipinski definition) is 2. The molecule has 1 aromatic carbocycles. The lowest BCUT2D eigenvalue weighted by Crippen LogP contribution is -2.38. The SMILES string of the molecule is O=C(Nc1ccccc1OCC1CCCCO1)N1C[C@@H]2CCC[C@@]2(C(=O)O)C1. The van der Waals surface area contributed by atoms with Crippen LogP contribution in [0.4, 0.5) is 10.5 Å². The number of fused-ring (bicyclic) bond motifs is 1. The number of likely N-dealkylation sites (tertiary alicyclic amines) is 1. The fraction of sp³-hybridized carbons (Fsp3) is 0.619. The van der Waals surface area contributed by atoms with Gasteiger partial charge in [-0.25, -0.2) is 4.79 Å². The lowest BCUT2D eigenvalue weighted by atomic mass is 9.81. The van der Waals surface area contributed by atoms with Crippen LogP contribution in [-0.4, -0.2) is 54.4 Å². The monoisotopic (exact) mass is 388 g/mol. The minimum Gasteiger partial charge on any atom is -0.489 e. The molecule has 2 aliphatic heterocycles. The number of hydrogen-bond acceptors (Lipinski definition) is 4. The van der Waals surface area contributed by atoms with E-state index in [-0.39, 0.29) is 24.6 Å². The first-order chi connectivity index (χ1) is 13.6. The van der Waals surface area contributed by atoms with Gasteiger partial charge in [-0.05, 0) is 50.2 Å². The van der Waals surface area contributed by atoms with Crippen LogP contribution in [0, 0.1) is 11.3 Å². The molecule has 0 bridgehead atoms. The maximum Gasteiger partial charge on any atom is 0.321 e. The van der Waals surface area contributed by atoms with Crippen molar-refractivity contribution < 1.29 is 24.2 Å². The number of anilines is 1. The van der Waals surface area contributed by atoms with E-state index < -0.39 is 11.4 Å². The lowest BCUT2D eigenvalue weighted by molar-refractivity contribution is -0.149. The smallest absolute Gasteiger partial charge is 0.321 e. The van der Waals surface area contributed by atoms with Crippen molar-refractivity contribution in [1.29, 1.82) is 0 Å². The van der Waals surface area contributed by atoms with Gasteiger partial charge in [0, 0.05) is 19.7 Å². The number of benzene rings is 1. The molecule has 2 heterocycles. The summed E-state index contributed by atoms with van der Waals surface area (Å²) in [5.41, 5.74) is -0.171. The first kappa shape index (κ1) is 19.1. The molecule has 2 N–H and O–H groups in total. The number of carbonyl (C=O) groups is 2. The standard InChI is InChI=1S/C21H28N2O5/c24-19(25)21-10-5-6-15(21)12-23(14-21)20(26)22-17-8-1-2-9-18(17)28-13-16-7-3-4-11-27-16/h1-2,8-9,15-16H,3-7,10-14H2,(H,22,26)(H,24,25)/t15-,16?,21+/m0/s1. The van der Waals surface area contributed by atoms with Crippen molar-refractivity contribution in [3.63, 3.8) is 0 Å². The Balaban J connectivity index is 1.39. The summed E-state index contributed by atoms with van der Waals surface area (Å²) in [6.07, 6.45) is 5.76. The predicted octanol–water partition coefficient (Wildman–Crippen LogP) is 3.35. The largest absolute Gasteiger partial charge is 0.489 e. The van der Waals surface area contributed by atoms with Crippen LogP contribution < -0.4 is 10.1 Å². The molecule has 2 amide bonds. The van der Waals surface area contributed by atoms with E-state index in [1.165, 1.54) is 0 Å². The summed E-state index contributed by atoms with van der Waals surface area (Å²) >= 11 is 0. The highest BCUT2D eigenvalue weighted by atomic mass is 16.5. The Morgan fingerprint density at radius 2 is 2.11 bits per heavy atom. The Morgan fingerprint density at radius 3 is 2.86 bits per heavy atom. The molecule has 7 nitrogen and oxygen atoms in total. The number of nitrogens with one attached hydrogen (secondary N) is 1. The summed E-state index contributed by atoms with van der Waals surface area (Å²) in [7, 11) is 0. The van der Waals surface area contributed by atoms with Crippen LogP contribution in [0.1, 0.15) is 38.5 Å². The van der Waals surface area contributed by atoms with Gasteiger partial charge in [0.05, 0.1) is 17.2 Å². The number of para-hydroxylation sites is 2. The van der Waals surface area contributed by atoms with Gasteiger partial charge in [0.2, 0.25) is 0 Å². The summed E-state index contributed by atoms with van der Waals surface area (Å²) in [6.45, 7) is 2.00. The van der Waals surface area contributed by atoms with Gasteiger partial charge in [0.1, 0.15) is 12.4 Å². The molecule has 3 aliphatic rings. The second kappa shape index (κ2) is 7.99. The molecule has 1 unspecified atom stereocenters. The van der Waals surface area contributed by atoms with E-state index in [9.17, 15) is 14.7 Å². The zero-order valence-corrected chi connectivity index (χ0v) is 16.1. The minimum absolute atomic E-state index is 0.0469. The molecule has 152 valence electrons. The second-order valence-electron chi connectivity index (χ2n) is 8.16. The van der Waals surface area contributed by atoms with E-state index in [1.54, 1.807) is 11.0 Å². The molecule has 3 fully saturated rings. The van der Waals surface area contributed by atoms with E-state index in [0.29, 0.717) is 31.0 Å². The first-order valence-electron chi connectivity index (χ1n) is 10.2. The number of nitrogens with zero attached hydrogens (tertiary/aromatic N) is 1. The molecule has 7 heteroatoms. The zero-order valence-electron chi connectivity index (χ0n) is 16.1. The van der Waals surface area contributed by atoms with Gasteiger partial charge in [0.15, 0.2) is 0 Å². The number of carboxylic acid groups (broad SMARTS) is 1. The summed E-state index contributed by atoms with van der Waals surface area (Å²) in [5.74, 6) is -0.121. The van der Waals surface area contributed by atoms with Crippen molar-refractivity contribution >= 4 is 17.7 Å². The van der Waals surface area contributed by atoms with Crippen molar-refractivity contribution in [3.05, 3.63) is 24.3 Å². The molecular formula is C21H28N2O5. The summed E-state index contributed by atoms with van der Waals surface area (Å²) in [6, 6.07) is 7.08. The number of carbonyl (C=O) groups excluding carboxylic acids is 1. The average Bonchev–Trinajstić information content (AvgIpc) is 3.27. The van der Waals surface area contributed by atoms with Crippen LogP contribution in [0.2, 0.25) is 0 Å². The molecule has 1 aliphatic carbocycles. The van der Waals surface area contributed by atoms with Crippen LogP contribution in [-0.2, 0) is 9.53 Å². The van der Waals surface area contributed by atoms with Gasteiger partial charge in [-0.15, -0.1) is 0 Å². The van der Waals surface area contributed by atoms with E-state index in [2.05, 4.69) is 5.32 Å². The van der Waals surface area contributed by atoms with Crippen molar-refractivity contribution in [1.82, 2.24) is 4.90 Å². The van der Waals surface area contributed by atoms with Crippen LogP contribution >= 0.6 is 0 Å². The molecule has 2 saturated heterocycles. The van der Waals surface area contributed by atoms with E-state index >= 15 is 0 Å². The first-order valence-corrected chi connectivity index (χ1v) is 10.2. The molecule has 0 radical (unpaired) electrons. The summed E-state index contributed by atoms with van der Waals surface area (Å²) in [5, 5.41) is 12.6. The van der Waals surface area contributed by atoms with Crippen LogP contribution in [0.3, 0.4) is 0 Å². The molecule has 28 heavy (non-hydrogen) atoms. The van der Waals surface area contributed by atoms with Crippen molar-refractivity contribution in [2.75, 3.05) is 31.6 Å². The van der Waals surface area contributed by atoms with Gasteiger partial charge >= 0.3 is 12.0 Å². The Bertz CT molecular complexity index is 733. The van der Waals surface area contributed by atoms with Crippen LogP contribution in [0.25, 0.3) is 0 Å². The third kappa shape index (κ3) is 3.68. The number of aliphatic carboxylic acids is 1. The van der Waals surface area contributed by atoms with Gasteiger partial charge in [-0.2, -0.15) is 0 Å². The quantitative estimate of drug-likeness (QED) is 0.808. The normalized spacial score (nSPS) is 29.4. The Hall–Kier alpha value is -2.28. The molecular weight excluding hydrogens is 360 g/mol. The Morgan fingerprint density at radius 1 is 1.25 bits per heavy atom. The highest BCUT2D eigenvalue weighted by Crippen LogP contribution is 2.49. The maximum atomic E-state index is 12.8. The molecule has 0 aromatic heterocycles. The van der Waals surface area contributed by atoms with Gasteiger partial charge in [-0.1, -0.05) is 18.6 Å². The third-order valence-electron chi connectivity index (χ3n) is 6.41. The number of ether oxygens (including phenoxy) is 2. The van der Waals surface area contributed by atoms with Crippen LogP contribution in [0.5, 0.6) is 5.75 Å². The van der Waals surface area contributed by atoms with Crippen molar-refractivity contribution in [3.8, 4) is 5.75 Å². The average molecular weight is 388 g/mol. The number of urea groups is 1. The predicted molar refractivity (Wildman–Crippen MR) is 104 cm³/mol. The third-order valence-corrected chi connectivity index (χ3v) is 6.41. The lowest BCUT2D eigenvalue weighted by Gasteiger charge is -2.24. The minimum atomic E-state index is -0.776. The fourth-order valence-corrected chi connectivity index (χ4v) is 4.81. The van der Waals surface area contributed by atoms with Crippen molar-refractivity contribution in [2.24, 2.45) is 11.3 Å². The molecule has 4 rings (SSSR count). The Labute approximate surface area is 165 Å². The molecule has 0 spiro atoms. The van der Waals surface area contributed by atoms with Crippen molar-refractivity contribution in [2.45, 2.75) is 44.6 Å². The van der Waals surface area contributed by atoms with Gasteiger partial charge < -0.3 is 24.8 Å². The summed E-state index contributed by atoms with van der Waals surface area (Å²) in [4.78, 5) is 26.3. The number of amides is 2. The van der Waals surface area contributed by atoms with E-state index in [0.717, 1.165) is 38.7 Å². The van der Waals surface area contributed by atoms with Crippen LogP contribution in [0.15, 0.2) is 24.3 Å². The summed E-state index contributed by atoms with van der Waals surface area (Å²) < 4.78 is 11.6. The molecule has 1 saturated carbocycles. The highest BCUT2D eigenvalue weighted by Gasteiger charge is 2.55.